The molecule has 0 amide bonds. The van der Waals surface area contributed by atoms with E-state index in [1.54, 1.807) is 0 Å². The van der Waals surface area contributed by atoms with Crippen molar-refractivity contribution in [1.29, 1.82) is 0 Å². The number of aliphatic hydroxyl groups excluding tert-OH is 1. The van der Waals surface area contributed by atoms with E-state index in [1.165, 1.54) is 0 Å². The lowest BCUT2D eigenvalue weighted by Gasteiger charge is -2.31. The summed E-state index contributed by atoms with van der Waals surface area (Å²) in [4.78, 5) is 12.8. The largest absolute Gasteiger partial charge is 0.507 e. The molecule has 2 aliphatic rings. The molecule has 0 saturated heterocycles. The van der Waals surface area contributed by atoms with Gasteiger partial charge < -0.3 is 9.84 Å². The summed E-state index contributed by atoms with van der Waals surface area (Å²) in [6.45, 7) is 2.03. The molecule has 1 aliphatic carbocycles. The lowest BCUT2D eigenvalue weighted by Crippen LogP contribution is -2.34. The smallest absolute Gasteiger partial charge is 0.338 e. The van der Waals surface area contributed by atoms with Gasteiger partial charge in [0.15, 0.2) is 5.60 Å². The summed E-state index contributed by atoms with van der Waals surface area (Å²) in [7, 11) is 0. The van der Waals surface area contributed by atoms with Gasteiger partial charge in [-0.2, -0.15) is 0 Å². The molecule has 2 aromatic carbocycles. The molecule has 1 aliphatic heterocycles. The van der Waals surface area contributed by atoms with Crippen molar-refractivity contribution in [3.8, 4) is 0 Å². The third kappa shape index (κ3) is 3.16. The van der Waals surface area contributed by atoms with Crippen molar-refractivity contribution in [2.45, 2.75) is 50.5 Å². The monoisotopic (exact) mass is 362 g/mol. The zero-order valence-electron chi connectivity index (χ0n) is 15.7. The molecule has 0 bridgehead atoms. The summed E-state index contributed by atoms with van der Waals surface area (Å²) in [5.74, 6) is -0.366. The number of carbonyl (C=O) groups excluding carboxylic acids is 1. The molecule has 3 heteroatoms. The normalized spacial score (nSPS) is 20.1. The zero-order chi connectivity index (χ0) is 18.9. The topological polar surface area (TPSA) is 46.5 Å². The number of hydrogen-bond acceptors (Lipinski definition) is 3. The lowest BCUT2D eigenvalue weighted by atomic mass is 9.76. The number of esters is 1. The van der Waals surface area contributed by atoms with E-state index in [1.807, 2.05) is 43.3 Å². The molecule has 3 nitrogen and oxygen atoms in total. The summed E-state index contributed by atoms with van der Waals surface area (Å²) in [6.07, 6.45) is 4.55. The fraction of sp³-hybridized carbons (Fsp3) is 0.375. The van der Waals surface area contributed by atoms with E-state index in [0.29, 0.717) is 5.57 Å². The Balaban J connectivity index is 1.77. The second-order valence-corrected chi connectivity index (χ2v) is 7.79. The van der Waals surface area contributed by atoms with Crippen molar-refractivity contribution >= 4 is 5.97 Å². The molecule has 1 saturated carbocycles. The van der Waals surface area contributed by atoms with Crippen molar-refractivity contribution < 1.29 is 14.6 Å². The van der Waals surface area contributed by atoms with Gasteiger partial charge >= 0.3 is 5.97 Å². The molecule has 1 heterocycles. The Kier molecular flexibility index (Phi) is 4.77. The fourth-order valence-corrected chi connectivity index (χ4v) is 4.74. The molecule has 1 unspecified atom stereocenters. The molecule has 0 aromatic heterocycles. The number of hydrogen-bond donors (Lipinski definition) is 1. The van der Waals surface area contributed by atoms with E-state index < -0.39 is 5.60 Å². The van der Waals surface area contributed by atoms with Gasteiger partial charge in [-0.15, -0.1) is 0 Å². The van der Waals surface area contributed by atoms with Gasteiger partial charge in [-0.1, -0.05) is 74.0 Å². The van der Waals surface area contributed by atoms with Crippen molar-refractivity contribution in [3.05, 3.63) is 83.1 Å². The molecular weight excluding hydrogens is 336 g/mol. The third-order valence-electron chi connectivity index (χ3n) is 6.13. The second kappa shape index (κ2) is 7.22. The van der Waals surface area contributed by atoms with Crippen LogP contribution in [0.15, 0.2) is 72.0 Å². The number of rotatable bonds is 4. The minimum absolute atomic E-state index is 0.0177. The Morgan fingerprint density at radius 3 is 1.93 bits per heavy atom. The van der Waals surface area contributed by atoms with Gasteiger partial charge in [0, 0.05) is 11.8 Å². The zero-order valence-corrected chi connectivity index (χ0v) is 15.7. The number of carbonyl (C=O) groups is 1. The molecule has 0 radical (unpaired) electrons. The highest BCUT2D eigenvalue weighted by molar-refractivity contribution is 5.93. The van der Waals surface area contributed by atoms with E-state index in [4.69, 9.17) is 4.74 Å². The van der Waals surface area contributed by atoms with Crippen molar-refractivity contribution in [3.63, 3.8) is 0 Å². The molecule has 27 heavy (non-hydrogen) atoms. The molecule has 1 N–H and O–H groups in total. The van der Waals surface area contributed by atoms with Gasteiger partial charge in [0.25, 0.3) is 0 Å². The average Bonchev–Trinajstić information content (AvgIpc) is 2.93. The number of benzene rings is 2. The maximum absolute atomic E-state index is 12.8. The van der Waals surface area contributed by atoms with Crippen LogP contribution >= 0.6 is 0 Å². The van der Waals surface area contributed by atoms with Crippen LogP contribution in [0.4, 0.5) is 0 Å². The number of aliphatic hydroxyl groups is 1. The Labute approximate surface area is 160 Å². The van der Waals surface area contributed by atoms with Crippen LogP contribution in [0.1, 0.15) is 56.1 Å². The van der Waals surface area contributed by atoms with Gasteiger partial charge in [0.05, 0.1) is 5.57 Å². The van der Waals surface area contributed by atoms with E-state index in [-0.39, 0.29) is 23.6 Å². The van der Waals surface area contributed by atoms with Gasteiger partial charge in [0.1, 0.15) is 5.76 Å². The molecule has 2 aromatic rings. The maximum Gasteiger partial charge on any atom is 0.338 e. The van der Waals surface area contributed by atoms with Crippen LogP contribution < -0.4 is 0 Å². The van der Waals surface area contributed by atoms with E-state index in [0.717, 1.165) is 43.2 Å². The van der Waals surface area contributed by atoms with Crippen LogP contribution in [0.2, 0.25) is 0 Å². The Morgan fingerprint density at radius 2 is 1.41 bits per heavy atom. The summed E-state index contributed by atoms with van der Waals surface area (Å²) >= 11 is 0. The summed E-state index contributed by atoms with van der Waals surface area (Å²) < 4.78 is 5.79. The first-order valence-electron chi connectivity index (χ1n) is 9.89. The van der Waals surface area contributed by atoms with Crippen LogP contribution in [0.25, 0.3) is 0 Å². The molecule has 1 spiro atoms. The van der Waals surface area contributed by atoms with Crippen LogP contribution in [0.3, 0.4) is 0 Å². The quantitative estimate of drug-likeness (QED) is 0.728. The SMILES string of the molecule is CC(C1=C(O)C2(CCCCC2)OC1=O)C(c1ccccc1)c1ccccc1. The summed E-state index contributed by atoms with van der Waals surface area (Å²) in [5, 5.41) is 11.1. The Morgan fingerprint density at radius 1 is 0.889 bits per heavy atom. The molecule has 1 fully saturated rings. The summed E-state index contributed by atoms with van der Waals surface area (Å²) in [6, 6.07) is 20.4. The van der Waals surface area contributed by atoms with E-state index in [9.17, 15) is 9.90 Å². The third-order valence-corrected chi connectivity index (χ3v) is 6.13. The molecule has 4 rings (SSSR count). The molecule has 140 valence electrons. The highest BCUT2D eigenvalue weighted by Gasteiger charge is 2.50. The lowest BCUT2D eigenvalue weighted by molar-refractivity contribution is -0.151. The van der Waals surface area contributed by atoms with Crippen LogP contribution in [0.5, 0.6) is 0 Å². The first-order chi connectivity index (χ1) is 13.1. The van der Waals surface area contributed by atoms with Crippen LogP contribution in [0, 0.1) is 5.92 Å². The highest BCUT2D eigenvalue weighted by atomic mass is 16.6. The van der Waals surface area contributed by atoms with Gasteiger partial charge in [-0.3, -0.25) is 0 Å². The first kappa shape index (κ1) is 17.8. The predicted molar refractivity (Wildman–Crippen MR) is 105 cm³/mol. The minimum atomic E-state index is -0.781. The minimum Gasteiger partial charge on any atom is -0.507 e. The first-order valence-corrected chi connectivity index (χ1v) is 9.89. The standard InChI is InChI=1S/C24H26O3/c1-17(21-22(25)24(27-23(21)26)15-9-4-10-16-24)20(18-11-5-2-6-12-18)19-13-7-3-8-14-19/h2-3,5-8,11-14,17,20,25H,4,9-10,15-16H2,1H3. The van der Waals surface area contributed by atoms with Gasteiger partial charge in [0.2, 0.25) is 0 Å². The summed E-state index contributed by atoms with van der Waals surface area (Å²) in [5.41, 5.74) is 1.94. The highest BCUT2D eigenvalue weighted by Crippen LogP contribution is 2.47. The van der Waals surface area contributed by atoms with Crippen molar-refractivity contribution in [1.82, 2.24) is 0 Å². The van der Waals surface area contributed by atoms with Gasteiger partial charge in [-0.25, -0.2) is 4.79 Å². The van der Waals surface area contributed by atoms with Crippen molar-refractivity contribution in [2.75, 3.05) is 0 Å². The molecule has 1 atom stereocenters. The van der Waals surface area contributed by atoms with Gasteiger partial charge in [-0.05, 0) is 36.8 Å². The Hall–Kier alpha value is -2.55. The number of ether oxygens (including phenoxy) is 1. The maximum atomic E-state index is 12.8. The van der Waals surface area contributed by atoms with E-state index in [2.05, 4.69) is 24.3 Å². The predicted octanol–water partition coefficient (Wildman–Crippen LogP) is 5.53. The average molecular weight is 362 g/mol. The van der Waals surface area contributed by atoms with E-state index >= 15 is 0 Å². The van der Waals surface area contributed by atoms with Crippen LogP contribution in [-0.4, -0.2) is 16.7 Å². The Bertz CT molecular complexity index is 793. The second-order valence-electron chi connectivity index (χ2n) is 7.79. The van der Waals surface area contributed by atoms with Crippen molar-refractivity contribution in [2.24, 2.45) is 5.92 Å². The fourth-order valence-electron chi connectivity index (χ4n) is 4.74. The molecular formula is C24H26O3. The van der Waals surface area contributed by atoms with Crippen LogP contribution in [-0.2, 0) is 9.53 Å².